The van der Waals surface area contributed by atoms with Gasteiger partial charge in [0, 0.05) is 32.2 Å². The predicted molar refractivity (Wildman–Crippen MR) is 85.2 cm³/mol. The van der Waals surface area contributed by atoms with Gasteiger partial charge in [-0.15, -0.1) is 0 Å². The fourth-order valence-corrected chi connectivity index (χ4v) is 3.67. The summed E-state index contributed by atoms with van der Waals surface area (Å²) >= 11 is 0. The van der Waals surface area contributed by atoms with E-state index in [1.54, 1.807) is 11.1 Å². The molecular weight excluding hydrogens is 244 g/mol. The molecule has 1 saturated carbocycles. The van der Waals surface area contributed by atoms with Crippen molar-refractivity contribution in [3.05, 3.63) is 35.4 Å². The van der Waals surface area contributed by atoms with Crippen molar-refractivity contribution in [3.63, 3.8) is 0 Å². The fourth-order valence-electron chi connectivity index (χ4n) is 3.67. The van der Waals surface area contributed by atoms with Gasteiger partial charge >= 0.3 is 0 Å². The van der Waals surface area contributed by atoms with Gasteiger partial charge in [-0.25, -0.2) is 0 Å². The Labute approximate surface area is 123 Å². The van der Waals surface area contributed by atoms with Crippen LogP contribution in [0.2, 0.25) is 0 Å². The Morgan fingerprint density at radius 3 is 2.25 bits per heavy atom. The molecule has 2 heteroatoms. The van der Waals surface area contributed by atoms with Crippen molar-refractivity contribution in [1.82, 2.24) is 10.2 Å². The second-order valence-corrected chi connectivity index (χ2v) is 6.40. The second kappa shape index (κ2) is 7.24. The molecule has 1 aliphatic heterocycles. The number of nitrogens with zero attached hydrogens (tertiary/aromatic N) is 1. The van der Waals surface area contributed by atoms with Crippen molar-refractivity contribution in [2.75, 3.05) is 26.2 Å². The van der Waals surface area contributed by atoms with Gasteiger partial charge in [0.1, 0.15) is 0 Å². The summed E-state index contributed by atoms with van der Waals surface area (Å²) in [6.45, 7) is 4.83. The molecule has 1 aromatic rings. The number of hydrogen-bond donors (Lipinski definition) is 1. The van der Waals surface area contributed by atoms with Crippen molar-refractivity contribution >= 4 is 0 Å². The summed E-state index contributed by atoms with van der Waals surface area (Å²) in [6.07, 6.45) is 9.53. The third-order valence-electron chi connectivity index (χ3n) is 4.98. The van der Waals surface area contributed by atoms with Gasteiger partial charge in [-0.2, -0.15) is 0 Å². The highest BCUT2D eigenvalue weighted by molar-refractivity contribution is 5.28. The van der Waals surface area contributed by atoms with Gasteiger partial charge in [0.15, 0.2) is 0 Å². The number of rotatable bonds is 4. The molecular formula is C18H28N2. The molecule has 0 amide bonds. The lowest BCUT2D eigenvalue weighted by Crippen LogP contribution is -2.39. The van der Waals surface area contributed by atoms with Crippen molar-refractivity contribution in [2.24, 2.45) is 0 Å². The van der Waals surface area contributed by atoms with Crippen LogP contribution in [0.3, 0.4) is 0 Å². The van der Waals surface area contributed by atoms with E-state index in [2.05, 4.69) is 34.5 Å². The van der Waals surface area contributed by atoms with E-state index in [0.717, 1.165) is 6.04 Å². The Morgan fingerprint density at radius 1 is 0.950 bits per heavy atom. The van der Waals surface area contributed by atoms with Crippen LogP contribution in [0.5, 0.6) is 0 Å². The van der Waals surface area contributed by atoms with Crippen LogP contribution in [0.1, 0.15) is 43.2 Å². The normalized spacial score (nSPS) is 21.4. The van der Waals surface area contributed by atoms with Gasteiger partial charge in [0.25, 0.3) is 0 Å². The molecule has 1 aromatic carbocycles. The molecule has 0 radical (unpaired) electrons. The molecule has 2 aliphatic rings. The first-order valence-corrected chi connectivity index (χ1v) is 8.44. The Hall–Kier alpha value is -0.860. The van der Waals surface area contributed by atoms with E-state index in [4.69, 9.17) is 0 Å². The highest BCUT2D eigenvalue weighted by Gasteiger charge is 2.15. The molecule has 0 bridgehead atoms. The topological polar surface area (TPSA) is 15.3 Å². The highest BCUT2D eigenvalue weighted by atomic mass is 15.1. The Morgan fingerprint density at radius 2 is 1.60 bits per heavy atom. The maximum atomic E-state index is 3.77. The lowest BCUT2D eigenvalue weighted by atomic mass is 9.95. The monoisotopic (exact) mass is 272 g/mol. The van der Waals surface area contributed by atoms with Crippen LogP contribution in [0.15, 0.2) is 24.3 Å². The SMILES string of the molecule is c1ccc2c(c1)CCN(CCNC1CCCCC1)CC2. The molecule has 110 valence electrons. The molecule has 1 N–H and O–H groups in total. The van der Waals surface area contributed by atoms with Crippen molar-refractivity contribution in [1.29, 1.82) is 0 Å². The van der Waals surface area contributed by atoms with Gasteiger partial charge in [0.2, 0.25) is 0 Å². The molecule has 20 heavy (non-hydrogen) atoms. The third-order valence-corrected chi connectivity index (χ3v) is 4.98. The minimum absolute atomic E-state index is 0.799. The molecule has 1 heterocycles. The van der Waals surface area contributed by atoms with Gasteiger partial charge in [-0.05, 0) is 36.8 Å². The molecule has 0 aromatic heterocycles. The number of nitrogens with one attached hydrogen (secondary N) is 1. The average Bonchev–Trinajstić information content (AvgIpc) is 2.71. The van der Waals surface area contributed by atoms with E-state index in [1.165, 1.54) is 71.1 Å². The van der Waals surface area contributed by atoms with Crippen molar-refractivity contribution in [3.8, 4) is 0 Å². The minimum Gasteiger partial charge on any atom is -0.313 e. The number of fused-ring (bicyclic) bond motifs is 1. The van der Waals surface area contributed by atoms with E-state index in [1.807, 2.05) is 0 Å². The molecule has 1 aliphatic carbocycles. The molecule has 3 rings (SSSR count). The van der Waals surface area contributed by atoms with Crippen LogP contribution in [0, 0.1) is 0 Å². The van der Waals surface area contributed by atoms with E-state index in [0.29, 0.717) is 0 Å². The first-order chi connectivity index (χ1) is 9.92. The van der Waals surface area contributed by atoms with E-state index in [-0.39, 0.29) is 0 Å². The maximum absolute atomic E-state index is 3.77. The van der Waals surface area contributed by atoms with Crippen molar-refractivity contribution < 1.29 is 0 Å². The highest BCUT2D eigenvalue weighted by Crippen LogP contribution is 2.17. The molecule has 1 fully saturated rings. The predicted octanol–water partition coefficient (Wildman–Crippen LogP) is 3.01. The van der Waals surface area contributed by atoms with E-state index in [9.17, 15) is 0 Å². The summed E-state index contributed by atoms with van der Waals surface area (Å²) in [5, 5.41) is 3.77. The summed E-state index contributed by atoms with van der Waals surface area (Å²) in [7, 11) is 0. The molecule has 0 saturated heterocycles. The quantitative estimate of drug-likeness (QED) is 0.906. The van der Waals surface area contributed by atoms with E-state index < -0.39 is 0 Å². The first kappa shape index (κ1) is 14.1. The Bertz CT molecular complexity index is 383. The lowest BCUT2D eigenvalue weighted by Gasteiger charge is -2.25. The maximum Gasteiger partial charge on any atom is 0.0107 e. The molecule has 0 unspecified atom stereocenters. The van der Waals surface area contributed by atoms with Crippen LogP contribution in [0.25, 0.3) is 0 Å². The zero-order valence-electron chi connectivity index (χ0n) is 12.6. The van der Waals surface area contributed by atoms with Crippen LogP contribution >= 0.6 is 0 Å². The summed E-state index contributed by atoms with van der Waals surface area (Å²) in [6, 6.07) is 9.77. The van der Waals surface area contributed by atoms with Gasteiger partial charge in [-0.1, -0.05) is 43.5 Å². The van der Waals surface area contributed by atoms with E-state index >= 15 is 0 Å². The average molecular weight is 272 g/mol. The number of hydrogen-bond acceptors (Lipinski definition) is 2. The molecule has 0 atom stereocenters. The molecule has 0 spiro atoms. The smallest absolute Gasteiger partial charge is 0.0107 e. The Balaban J connectivity index is 1.41. The first-order valence-electron chi connectivity index (χ1n) is 8.44. The summed E-state index contributed by atoms with van der Waals surface area (Å²) in [4.78, 5) is 2.63. The van der Waals surface area contributed by atoms with Crippen molar-refractivity contribution in [2.45, 2.75) is 51.0 Å². The van der Waals surface area contributed by atoms with Gasteiger partial charge < -0.3 is 10.2 Å². The number of benzene rings is 1. The third kappa shape index (κ3) is 3.83. The summed E-state index contributed by atoms with van der Waals surface area (Å²) in [5.41, 5.74) is 3.13. The molecule has 2 nitrogen and oxygen atoms in total. The minimum atomic E-state index is 0.799. The lowest BCUT2D eigenvalue weighted by molar-refractivity contribution is 0.272. The second-order valence-electron chi connectivity index (χ2n) is 6.40. The summed E-state index contributed by atoms with van der Waals surface area (Å²) < 4.78 is 0. The van der Waals surface area contributed by atoms with Gasteiger partial charge in [-0.3, -0.25) is 0 Å². The largest absolute Gasteiger partial charge is 0.313 e. The summed E-state index contributed by atoms with van der Waals surface area (Å²) in [5.74, 6) is 0. The zero-order valence-corrected chi connectivity index (χ0v) is 12.6. The fraction of sp³-hybridized carbons (Fsp3) is 0.667. The van der Waals surface area contributed by atoms with Crippen LogP contribution < -0.4 is 5.32 Å². The Kier molecular flexibility index (Phi) is 5.10. The standard InChI is InChI=1S/C18H28N2/c1-2-8-18(9-3-1)19-12-15-20-13-10-16-6-4-5-7-17(16)11-14-20/h4-7,18-19H,1-3,8-15H2. The van der Waals surface area contributed by atoms with Crippen LogP contribution in [-0.2, 0) is 12.8 Å². The van der Waals surface area contributed by atoms with Crippen LogP contribution in [0.4, 0.5) is 0 Å². The van der Waals surface area contributed by atoms with Gasteiger partial charge in [0.05, 0.1) is 0 Å². The van der Waals surface area contributed by atoms with Crippen LogP contribution in [-0.4, -0.2) is 37.1 Å². The zero-order chi connectivity index (χ0) is 13.6.